The van der Waals surface area contributed by atoms with E-state index in [0.29, 0.717) is 0 Å². The van der Waals surface area contributed by atoms with Crippen molar-refractivity contribution in [2.24, 2.45) is 0 Å². The van der Waals surface area contributed by atoms with Gasteiger partial charge in [0.15, 0.2) is 0 Å². The molecule has 0 amide bonds. The van der Waals surface area contributed by atoms with Crippen molar-refractivity contribution in [1.29, 1.82) is 0 Å². The first-order chi connectivity index (χ1) is 6.79. The minimum Gasteiger partial charge on any atom is -0.253 e. The highest BCUT2D eigenvalue weighted by molar-refractivity contribution is 6.10. The quantitative estimate of drug-likeness (QED) is 0.542. The molecule has 0 atom stereocenters. The maximum absolute atomic E-state index is 5.97. The van der Waals surface area contributed by atoms with Gasteiger partial charge in [0, 0.05) is 11.1 Å². The third-order valence-corrected chi connectivity index (χ3v) is 1.91. The maximum atomic E-state index is 5.97. The van der Waals surface area contributed by atoms with Gasteiger partial charge in [-0.1, -0.05) is 43.5 Å². The van der Waals surface area contributed by atoms with E-state index >= 15 is 0 Å². The van der Waals surface area contributed by atoms with E-state index < -0.39 is 0 Å². The third kappa shape index (κ3) is 2.30. The maximum Gasteiger partial charge on any atom is 0.211 e. The molecule has 0 saturated carbocycles. The third-order valence-electron chi connectivity index (χ3n) is 1.91. The summed E-state index contributed by atoms with van der Waals surface area (Å²) < 4.78 is 0. The number of benzene rings is 1. The molecule has 0 radical (unpaired) electrons. The molecule has 0 spiro atoms. The molecule has 0 unspecified atom stereocenters. The SMILES string of the molecule is C=C/C=C(\C=C)C(=[NH2+])c1ccccc1. The first kappa shape index (κ1) is 10.2. The summed E-state index contributed by atoms with van der Waals surface area (Å²) in [6.45, 7) is 7.34. The van der Waals surface area contributed by atoms with Crippen LogP contribution in [0.3, 0.4) is 0 Å². The van der Waals surface area contributed by atoms with Gasteiger partial charge in [-0.15, -0.1) is 0 Å². The van der Waals surface area contributed by atoms with Crippen LogP contribution in [0.2, 0.25) is 0 Å². The van der Waals surface area contributed by atoms with E-state index in [9.17, 15) is 0 Å². The van der Waals surface area contributed by atoms with E-state index in [4.69, 9.17) is 5.41 Å². The van der Waals surface area contributed by atoms with Crippen molar-refractivity contribution in [3.05, 3.63) is 72.9 Å². The molecule has 0 aliphatic rings. The molecule has 1 heteroatoms. The second-order valence-electron chi connectivity index (χ2n) is 2.84. The fourth-order valence-corrected chi connectivity index (χ4v) is 1.18. The lowest BCUT2D eigenvalue weighted by Crippen LogP contribution is -2.41. The van der Waals surface area contributed by atoms with Crippen LogP contribution < -0.4 is 5.41 Å². The summed E-state index contributed by atoms with van der Waals surface area (Å²) in [6.07, 6.45) is 5.27. The summed E-state index contributed by atoms with van der Waals surface area (Å²) in [5, 5.41) is 5.97. The van der Waals surface area contributed by atoms with Gasteiger partial charge in [-0.2, -0.15) is 0 Å². The molecular weight excluding hydrogens is 170 g/mol. The summed E-state index contributed by atoms with van der Waals surface area (Å²) in [4.78, 5) is 0. The molecule has 0 fully saturated rings. The van der Waals surface area contributed by atoms with Gasteiger partial charge in [0.1, 0.15) is 0 Å². The van der Waals surface area contributed by atoms with Crippen LogP contribution in [0.1, 0.15) is 5.56 Å². The Morgan fingerprint density at radius 3 is 2.29 bits per heavy atom. The number of hydrogen-bond acceptors (Lipinski definition) is 0. The topological polar surface area (TPSA) is 25.6 Å². The zero-order chi connectivity index (χ0) is 10.4. The average molecular weight is 184 g/mol. The second-order valence-corrected chi connectivity index (χ2v) is 2.84. The number of nitrogens with two attached hydrogens (primary N) is 1. The normalized spacial score (nSPS) is 10.7. The Morgan fingerprint density at radius 1 is 1.14 bits per heavy atom. The fourth-order valence-electron chi connectivity index (χ4n) is 1.18. The van der Waals surface area contributed by atoms with Gasteiger partial charge in [-0.05, 0) is 18.2 Å². The lowest BCUT2D eigenvalue weighted by molar-refractivity contribution is -0.111. The molecule has 1 aromatic carbocycles. The Balaban J connectivity index is 3.01. The largest absolute Gasteiger partial charge is 0.253 e. The van der Waals surface area contributed by atoms with Crippen LogP contribution in [0.25, 0.3) is 0 Å². The van der Waals surface area contributed by atoms with Gasteiger partial charge in [-0.3, -0.25) is 5.41 Å². The monoisotopic (exact) mass is 184 g/mol. The Morgan fingerprint density at radius 2 is 1.79 bits per heavy atom. The van der Waals surface area contributed by atoms with Crippen LogP contribution in [0.4, 0.5) is 0 Å². The predicted octanol–water partition coefficient (Wildman–Crippen LogP) is 1.53. The Bertz CT molecular complexity index is 371. The summed E-state index contributed by atoms with van der Waals surface area (Å²) >= 11 is 0. The highest BCUT2D eigenvalue weighted by Gasteiger charge is 2.08. The van der Waals surface area contributed by atoms with Gasteiger partial charge < -0.3 is 0 Å². The van der Waals surface area contributed by atoms with Crippen molar-refractivity contribution in [3.63, 3.8) is 0 Å². The minimum absolute atomic E-state index is 0.723. The molecule has 70 valence electrons. The van der Waals surface area contributed by atoms with Gasteiger partial charge in [0.25, 0.3) is 0 Å². The van der Waals surface area contributed by atoms with Gasteiger partial charge in [0.05, 0.1) is 0 Å². The lowest BCUT2D eigenvalue weighted by Gasteiger charge is -1.98. The molecule has 1 nitrogen and oxygen atoms in total. The molecule has 0 aliphatic carbocycles. The predicted molar refractivity (Wildman–Crippen MR) is 61.0 cm³/mol. The highest BCUT2D eigenvalue weighted by Crippen LogP contribution is 2.06. The van der Waals surface area contributed by atoms with E-state index in [1.165, 1.54) is 0 Å². The number of allylic oxidation sites excluding steroid dienone is 4. The second kappa shape index (κ2) is 4.97. The van der Waals surface area contributed by atoms with Crippen LogP contribution in [0.15, 0.2) is 67.3 Å². The molecule has 0 heterocycles. The molecule has 0 aliphatic heterocycles. The molecular formula is C13H14N+. The van der Waals surface area contributed by atoms with Crippen molar-refractivity contribution in [3.8, 4) is 0 Å². The summed E-state index contributed by atoms with van der Waals surface area (Å²) in [5.74, 6) is 0. The summed E-state index contributed by atoms with van der Waals surface area (Å²) in [7, 11) is 0. The molecule has 0 aromatic heterocycles. The van der Waals surface area contributed by atoms with Crippen molar-refractivity contribution in [1.82, 2.24) is 0 Å². The molecule has 0 saturated heterocycles. The lowest BCUT2D eigenvalue weighted by atomic mass is 10.0. The van der Waals surface area contributed by atoms with Crippen LogP contribution in [0.5, 0.6) is 0 Å². The van der Waals surface area contributed by atoms with Crippen molar-refractivity contribution in [2.45, 2.75) is 0 Å². The highest BCUT2D eigenvalue weighted by atomic mass is 14.4. The van der Waals surface area contributed by atoms with Gasteiger partial charge >= 0.3 is 0 Å². The van der Waals surface area contributed by atoms with Crippen LogP contribution >= 0.6 is 0 Å². The van der Waals surface area contributed by atoms with Gasteiger partial charge in [-0.25, -0.2) is 0 Å². The smallest absolute Gasteiger partial charge is 0.211 e. The average Bonchev–Trinajstić information content (AvgIpc) is 2.26. The standard InChI is InChI=1S/C13H13N/c1-3-8-11(4-2)13(14)12-9-6-5-7-10-12/h3-10,14H,1-2H2/p+1/b11-8+,14-13?. The molecule has 14 heavy (non-hydrogen) atoms. The molecule has 1 rings (SSSR count). The van der Waals surface area contributed by atoms with Crippen LogP contribution in [-0.2, 0) is 0 Å². The molecule has 2 N–H and O–H groups in total. The number of rotatable bonds is 4. The first-order valence-corrected chi connectivity index (χ1v) is 4.43. The fraction of sp³-hybridized carbons (Fsp3) is 0. The first-order valence-electron chi connectivity index (χ1n) is 4.43. The zero-order valence-electron chi connectivity index (χ0n) is 8.11. The van der Waals surface area contributed by atoms with Crippen molar-refractivity contribution < 1.29 is 5.41 Å². The Labute approximate surface area is 84.6 Å². The van der Waals surface area contributed by atoms with E-state index in [-0.39, 0.29) is 0 Å². The van der Waals surface area contributed by atoms with Crippen molar-refractivity contribution >= 4 is 5.71 Å². The van der Waals surface area contributed by atoms with Crippen LogP contribution in [-0.4, -0.2) is 5.71 Å². The number of hydrogen-bond donors (Lipinski definition) is 1. The van der Waals surface area contributed by atoms with E-state index in [0.717, 1.165) is 16.8 Å². The Kier molecular flexibility index (Phi) is 3.62. The summed E-state index contributed by atoms with van der Waals surface area (Å²) in [5.41, 5.74) is 2.62. The molecule has 1 aromatic rings. The van der Waals surface area contributed by atoms with Gasteiger partial charge in [0.2, 0.25) is 5.71 Å². The summed E-state index contributed by atoms with van der Waals surface area (Å²) in [6, 6.07) is 9.81. The van der Waals surface area contributed by atoms with Crippen molar-refractivity contribution in [2.75, 3.05) is 0 Å². The van der Waals surface area contributed by atoms with E-state index in [1.807, 2.05) is 36.4 Å². The Hall–Kier alpha value is -1.89. The molecule has 0 bridgehead atoms. The van der Waals surface area contributed by atoms with E-state index in [2.05, 4.69) is 13.2 Å². The van der Waals surface area contributed by atoms with E-state index in [1.54, 1.807) is 12.2 Å². The minimum atomic E-state index is 0.723. The van der Waals surface area contributed by atoms with Crippen LogP contribution in [0, 0.1) is 0 Å². The zero-order valence-corrected chi connectivity index (χ0v) is 8.11.